The Morgan fingerprint density at radius 1 is 0.585 bits per heavy atom. The number of carboxylic acids is 1. The molecule has 1 amide bonds. The van der Waals surface area contributed by atoms with Gasteiger partial charge in [-0.15, -0.1) is 0 Å². The van der Waals surface area contributed by atoms with Gasteiger partial charge in [0, 0.05) is 132 Å². The maximum absolute atomic E-state index is 12.2. The number of anilines is 2. The molecule has 0 atom stereocenters. The number of aliphatic carboxylic acids is 1. The van der Waals surface area contributed by atoms with Gasteiger partial charge in [-0.05, 0) is 211 Å². The van der Waals surface area contributed by atoms with Crippen LogP contribution < -0.4 is 48.8 Å². The maximum atomic E-state index is 12.2. The molecule has 24 nitrogen and oxygen atoms in total. The first-order chi connectivity index (χ1) is 57.6. The Kier molecular flexibility index (Phi) is 36.0. The predicted molar refractivity (Wildman–Crippen MR) is 481 cm³/mol. The number of unbranched alkanes of at least 4 members (excludes halogenated alkanes) is 6. The maximum Gasteiger partial charge on any atom is 1.00 e. The zero-order valence-corrected chi connectivity index (χ0v) is 77.8. The number of fused-ring (bicyclic) bond motifs is 8. The number of hydrogen-bond acceptors (Lipinski definition) is 20. The molecule has 2 N–H and O–H groups in total. The Bertz CT molecular complexity index is 5660. The van der Waals surface area contributed by atoms with E-state index in [1.54, 1.807) is 11.1 Å². The average molecular weight is 1770 g/mol. The van der Waals surface area contributed by atoms with Gasteiger partial charge in [-0.25, -0.2) is 30.5 Å². The quantitative estimate of drug-likeness (QED) is 0.00424. The zero-order valence-electron chi connectivity index (χ0n) is 72.6. The van der Waals surface area contributed by atoms with Gasteiger partial charge in [0.05, 0.1) is 72.4 Å². The summed E-state index contributed by atoms with van der Waals surface area (Å²) < 4.78 is 143. The Morgan fingerprint density at radius 2 is 1.09 bits per heavy atom. The number of nitrogens with zero attached hydrogens (tertiary/aromatic N) is 5. The van der Waals surface area contributed by atoms with E-state index in [2.05, 4.69) is 170 Å². The van der Waals surface area contributed by atoms with E-state index in [0.717, 1.165) is 123 Å². The van der Waals surface area contributed by atoms with Crippen LogP contribution in [0.4, 0.5) is 28.4 Å². The number of carbonyl (C=O) groups is 2. The summed E-state index contributed by atoms with van der Waals surface area (Å²) in [6.45, 7) is 27.7. The molecule has 5 heterocycles. The first-order valence-electron chi connectivity index (χ1n) is 41.5. The largest absolute Gasteiger partial charge is 1.00 e. The molecule has 5 aliphatic rings. The van der Waals surface area contributed by atoms with Gasteiger partial charge in [0.1, 0.15) is 30.3 Å². The fourth-order valence-corrected chi connectivity index (χ4v) is 18.8. The second-order valence-corrected chi connectivity index (χ2v) is 39.4. The van der Waals surface area contributed by atoms with E-state index in [1.807, 2.05) is 115 Å². The van der Waals surface area contributed by atoms with Crippen LogP contribution in [-0.4, -0.2) is 158 Å². The van der Waals surface area contributed by atoms with Crippen molar-refractivity contribution in [1.82, 2.24) is 0 Å². The standard InChI is InChI=1S/C43H54N2O9S2.C30H32N2O4S.C17H23NO3.C4H8O3S.Na/c1-42(2)35-31-33(54-28-14-6-9-21-40(46)47)23-25-36(35)44(26-12-15-29-55(48,49)50)38(42)19-7-5-8-20-39-43(3,4)41-34-18-11-10-17-32(34)22-24-37(41)45(39)27-13-16-30-56(51,52)53;1-23(33)31(25-14-5-4-6-15-25)20-10-9-17-28-30(2,3)29-26-16-8-7-13-24(26)18-19-27(29)32(28)21-11-12-22-37(34,35)36;1-12(21-19)7-5-6-10-20-14-8-9-16-15(11-14)17(3,4)13(2)18-16;5-8(6)4-2-1-3-7-8;/h5,7-8,10-11,17-20,22-25,31H,6,9,12-16,21,26-30H2,1-4H3,(H2-,46,47,48,49,50,51,52,53);4-10,13-20H,11-12,21-22H2,1-3H3;8-9,11,19H,1,5-7,10H2,2-4H3;1-4H2;/q;;;;+1/p-1. The molecule has 0 unspecified atom stereocenters. The topological polar surface area (TPSA) is 342 Å². The first-order valence-corrected chi connectivity index (χ1v) is 47.8. The second kappa shape index (κ2) is 44.4. The van der Waals surface area contributed by atoms with Crippen molar-refractivity contribution in [3.05, 3.63) is 235 Å². The number of benzene rings is 7. The fraction of sp³-hybridized carbons (Fsp3) is 0.415. The molecular formula is C94H116N5NaO19S4. The van der Waals surface area contributed by atoms with Crippen LogP contribution in [0.1, 0.15) is 188 Å². The van der Waals surface area contributed by atoms with Crippen molar-refractivity contribution in [2.24, 2.45) is 4.99 Å². The van der Waals surface area contributed by atoms with Gasteiger partial charge in [-0.2, -0.15) is 17.6 Å². The molecule has 5 aliphatic heterocycles. The summed E-state index contributed by atoms with van der Waals surface area (Å²) in [5.74, 6) is 0.142. The van der Waals surface area contributed by atoms with Crippen molar-refractivity contribution in [3.8, 4) is 11.5 Å². The van der Waals surface area contributed by atoms with E-state index in [1.165, 1.54) is 29.0 Å². The molecule has 123 heavy (non-hydrogen) atoms. The molecule has 0 radical (unpaired) electrons. The number of carbonyl (C=O) groups excluding carboxylic acids is 1. The summed E-state index contributed by atoms with van der Waals surface area (Å²) in [6, 6.07) is 46.5. The fourth-order valence-electron chi connectivity index (χ4n) is 16.0. The van der Waals surface area contributed by atoms with Gasteiger partial charge in [0.25, 0.3) is 10.1 Å². The number of ether oxygens (including phenoxy) is 2. The summed E-state index contributed by atoms with van der Waals surface area (Å²) in [4.78, 5) is 35.5. The van der Waals surface area contributed by atoms with Crippen LogP contribution in [0, 0.1) is 0 Å². The number of rotatable bonds is 36. The van der Waals surface area contributed by atoms with E-state index in [-0.39, 0.29) is 82.5 Å². The second-order valence-electron chi connectivity index (χ2n) is 33.0. The van der Waals surface area contributed by atoms with Crippen LogP contribution in [0.25, 0.3) is 21.5 Å². The molecule has 7 aromatic carbocycles. The third kappa shape index (κ3) is 27.6. The molecule has 1 fully saturated rings. The van der Waals surface area contributed by atoms with E-state index in [9.17, 15) is 56.9 Å². The molecule has 29 heteroatoms. The molecule has 0 bridgehead atoms. The summed E-state index contributed by atoms with van der Waals surface area (Å²) in [5.41, 5.74) is 12.8. The van der Waals surface area contributed by atoms with E-state index in [0.29, 0.717) is 83.7 Å². The third-order valence-electron chi connectivity index (χ3n) is 22.6. The molecule has 656 valence electrons. The summed E-state index contributed by atoms with van der Waals surface area (Å²) in [7, 11) is -15.9. The SMILES string of the molecule is C=C(CCCCOc1ccc2c(c1)C(C)(C)C(C)=N2)OO.CC(=O)N(/C=C/C=C/C1=[N+](CCCCS(=O)(=O)[O-])c2ccc3ccccc3c2C1(C)C)c1ccccc1.CC1(C)C(/C=C/C=C/C=C2/N(CCCCS(=O)(=O)[O-])c3ccc(OCCCCCC(=O)O)cc3C2(C)C)=[N+](CCCCS(=O)(=O)[O-])c2ccc3ccccc3c21.O=S1(=O)CCCCO1.[Na+]. The Labute approximate surface area is 748 Å². The minimum atomic E-state index is -4.31. The van der Waals surface area contributed by atoms with Crippen LogP contribution in [0.15, 0.2) is 217 Å². The number of carboxylic acid groups (broad SMARTS) is 1. The van der Waals surface area contributed by atoms with Crippen LogP contribution in [0.3, 0.4) is 0 Å². The summed E-state index contributed by atoms with van der Waals surface area (Å²) in [6.07, 6.45) is 26.4. The first kappa shape index (κ1) is 99.7. The van der Waals surface area contributed by atoms with Crippen LogP contribution >= 0.6 is 0 Å². The van der Waals surface area contributed by atoms with Crippen molar-refractivity contribution in [3.63, 3.8) is 0 Å². The Hall–Kier alpha value is -8.75. The number of amides is 1. The van der Waals surface area contributed by atoms with E-state index >= 15 is 0 Å². The molecule has 0 spiro atoms. The summed E-state index contributed by atoms with van der Waals surface area (Å²) in [5, 5.41) is 21.9. The minimum Gasteiger partial charge on any atom is -0.748 e. The van der Waals surface area contributed by atoms with Crippen LogP contribution in [0.2, 0.25) is 0 Å². The van der Waals surface area contributed by atoms with Crippen molar-refractivity contribution in [2.75, 3.05) is 72.3 Å². The molecular weight excluding hydrogens is 1650 g/mol. The Balaban J connectivity index is 0.000000238. The van der Waals surface area contributed by atoms with Gasteiger partial charge in [-0.1, -0.05) is 125 Å². The van der Waals surface area contributed by atoms with Crippen LogP contribution in [-0.2, 0) is 80.8 Å². The van der Waals surface area contributed by atoms with E-state index < -0.39 is 63.4 Å². The molecule has 7 aromatic rings. The number of para-hydroxylation sites is 1. The average Bonchev–Trinajstić information content (AvgIpc) is 1.58. The van der Waals surface area contributed by atoms with Crippen molar-refractivity contribution < 1.29 is 125 Å². The van der Waals surface area contributed by atoms with Crippen molar-refractivity contribution in [1.29, 1.82) is 0 Å². The number of hydrogen-bond donors (Lipinski definition) is 2. The number of allylic oxidation sites excluding steroid dienone is 10. The minimum absolute atomic E-state index is 0. The third-order valence-corrected chi connectivity index (χ3v) is 26.3. The van der Waals surface area contributed by atoms with Crippen LogP contribution in [0.5, 0.6) is 11.5 Å². The molecule has 0 aromatic heterocycles. The smallest absolute Gasteiger partial charge is 0.748 e. The molecule has 0 aliphatic carbocycles. The van der Waals surface area contributed by atoms with Gasteiger partial charge in [0.2, 0.25) is 17.3 Å². The predicted octanol–water partition coefficient (Wildman–Crippen LogP) is 15.1. The van der Waals surface area contributed by atoms with Gasteiger partial charge >= 0.3 is 35.5 Å². The van der Waals surface area contributed by atoms with Crippen molar-refractivity contribution >= 4 is 119 Å². The summed E-state index contributed by atoms with van der Waals surface area (Å²) >= 11 is 0. The Morgan fingerprint density at radius 3 is 1.59 bits per heavy atom. The molecule has 12 rings (SSSR count). The van der Waals surface area contributed by atoms with E-state index in [4.69, 9.17) is 19.8 Å². The van der Waals surface area contributed by atoms with Gasteiger partial charge in [-0.3, -0.25) is 23.7 Å². The van der Waals surface area contributed by atoms with Gasteiger partial charge < -0.3 is 38.0 Å². The molecule has 1 saturated heterocycles. The van der Waals surface area contributed by atoms with Gasteiger partial charge in [0.15, 0.2) is 11.4 Å². The number of aliphatic imine (C=N–C) groups is 1. The zero-order chi connectivity index (χ0) is 88.9. The monoisotopic (exact) mass is 1770 g/mol. The molecule has 0 saturated carbocycles. The normalized spacial score (nSPS) is 16.7. The van der Waals surface area contributed by atoms with Crippen molar-refractivity contribution in [2.45, 2.75) is 187 Å².